The number of nitrogens with one attached hydrogen (secondary N) is 1. The molecule has 0 aliphatic carbocycles. The van der Waals surface area contributed by atoms with Crippen LogP contribution in [0.5, 0.6) is 0 Å². The van der Waals surface area contributed by atoms with Crippen LogP contribution in [0.25, 0.3) is 0 Å². The van der Waals surface area contributed by atoms with Crippen LogP contribution in [0.1, 0.15) is 0 Å². The molecule has 7 nitrogen and oxygen atoms in total. The molecule has 0 bridgehead atoms. The first-order valence-corrected chi connectivity index (χ1v) is 4.67. The number of carboxylic acids is 1. The van der Waals surface area contributed by atoms with Crippen LogP contribution in [0.15, 0.2) is 12.7 Å². The van der Waals surface area contributed by atoms with Crippen LogP contribution in [0.2, 0.25) is 0 Å². The molecule has 7 heteroatoms. The number of hydrogen-bond donors (Lipinski definition) is 4. The molecular weight excluding hydrogens is 216 g/mol. The van der Waals surface area contributed by atoms with Crippen molar-refractivity contribution in [2.24, 2.45) is 0 Å². The Labute approximate surface area is 93.0 Å². The maximum atomic E-state index is 11.5. The van der Waals surface area contributed by atoms with E-state index in [1.54, 1.807) is 0 Å². The van der Waals surface area contributed by atoms with Crippen molar-refractivity contribution in [1.29, 1.82) is 0 Å². The van der Waals surface area contributed by atoms with Gasteiger partial charge in [-0.25, -0.2) is 9.59 Å². The van der Waals surface area contributed by atoms with Gasteiger partial charge in [0.2, 0.25) is 0 Å². The van der Waals surface area contributed by atoms with Crippen LogP contribution in [-0.4, -0.2) is 64.6 Å². The Balaban J connectivity index is 4.37. The lowest BCUT2D eigenvalue weighted by Gasteiger charge is -2.22. The molecule has 0 aromatic heterocycles. The lowest BCUT2D eigenvalue weighted by molar-refractivity contribution is -0.140. The summed E-state index contributed by atoms with van der Waals surface area (Å²) in [5, 5.41) is 28.1. The number of carboxylic acid groups (broad SMARTS) is 1. The van der Waals surface area contributed by atoms with E-state index in [1.165, 1.54) is 11.0 Å². The van der Waals surface area contributed by atoms with E-state index in [4.69, 9.17) is 15.3 Å². The van der Waals surface area contributed by atoms with E-state index >= 15 is 0 Å². The average molecular weight is 232 g/mol. The molecule has 92 valence electrons. The zero-order valence-corrected chi connectivity index (χ0v) is 8.80. The van der Waals surface area contributed by atoms with Gasteiger partial charge in [0.25, 0.3) is 0 Å². The SMILES string of the molecule is C=CCN(CCO)C(=O)NC(CO)C(=O)O. The molecule has 0 radical (unpaired) electrons. The first kappa shape index (κ1) is 14.4. The van der Waals surface area contributed by atoms with Gasteiger partial charge in [-0.2, -0.15) is 0 Å². The van der Waals surface area contributed by atoms with E-state index in [1.807, 2.05) is 0 Å². The number of aliphatic hydroxyl groups excluding tert-OH is 2. The highest BCUT2D eigenvalue weighted by Gasteiger charge is 2.21. The van der Waals surface area contributed by atoms with E-state index in [2.05, 4.69) is 11.9 Å². The third-order valence-corrected chi connectivity index (χ3v) is 1.78. The highest BCUT2D eigenvalue weighted by atomic mass is 16.4. The summed E-state index contributed by atoms with van der Waals surface area (Å²) < 4.78 is 0. The molecule has 1 unspecified atom stereocenters. The number of nitrogens with zero attached hydrogens (tertiary/aromatic N) is 1. The molecule has 1 atom stereocenters. The first-order chi connectivity index (χ1) is 7.56. The number of aliphatic carboxylic acids is 1. The Hall–Kier alpha value is -1.60. The van der Waals surface area contributed by atoms with Crippen molar-refractivity contribution < 1.29 is 24.9 Å². The fourth-order valence-electron chi connectivity index (χ4n) is 0.978. The van der Waals surface area contributed by atoms with Gasteiger partial charge in [-0.3, -0.25) is 0 Å². The summed E-state index contributed by atoms with van der Waals surface area (Å²) in [6.45, 7) is 2.75. The Morgan fingerprint density at radius 2 is 2.06 bits per heavy atom. The number of carbonyl (C=O) groups excluding carboxylic acids is 1. The lowest BCUT2D eigenvalue weighted by Crippen LogP contribution is -2.50. The predicted octanol–water partition coefficient (Wildman–Crippen LogP) is -1.38. The third kappa shape index (κ3) is 4.76. The minimum Gasteiger partial charge on any atom is -0.480 e. The molecule has 0 aromatic rings. The summed E-state index contributed by atoms with van der Waals surface area (Å²) in [5.74, 6) is -1.32. The van der Waals surface area contributed by atoms with Crippen molar-refractivity contribution in [2.75, 3.05) is 26.3 Å². The summed E-state index contributed by atoms with van der Waals surface area (Å²) in [6, 6.07) is -2.02. The molecule has 0 heterocycles. The monoisotopic (exact) mass is 232 g/mol. The normalized spacial score (nSPS) is 11.6. The fourth-order valence-corrected chi connectivity index (χ4v) is 0.978. The second kappa shape index (κ2) is 7.66. The molecule has 0 aromatic carbocycles. The van der Waals surface area contributed by atoms with Gasteiger partial charge >= 0.3 is 12.0 Å². The van der Waals surface area contributed by atoms with Gasteiger partial charge in [-0.15, -0.1) is 6.58 Å². The Bertz CT molecular complexity index is 256. The zero-order valence-electron chi connectivity index (χ0n) is 8.80. The number of rotatable bonds is 7. The fraction of sp³-hybridized carbons (Fsp3) is 0.556. The molecule has 0 rings (SSSR count). The Kier molecular flexibility index (Phi) is 6.89. The van der Waals surface area contributed by atoms with Gasteiger partial charge in [0.05, 0.1) is 13.2 Å². The molecule has 0 saturated carbocycles. The van der Waals surface area contributed by atoms with E-state index in [0.29, 0.717) is 0 Å². The maximum absolute atomic E-state index is 11.5. The van der Waals surface area contributed by atoms with Crippen LogP contribution >= 0.6 is 0 Å². The zero-order chi connectivity index (χ0) is 12.6. The predicted molar refractivity (Wildman–Crippen MR) is 55.9 cm³/mol. The van der Waals surface area contributed by atoms with E-state index < -0.39 is 24.6 Å². The van der Waals surface area contributed by atoms with Crippen molar-refractivity contribution >= 4 is 12.0 Å². The maximum Gasteiger partial charge on any atom is 0.328 e. The summed E-state index contributed by atoms with van der Waals surface area (Å²) in [4.78, 5) is 23.2. The molecule has 2 amide bonds. The first-order valence-electron chi connectivity index (χ1n) is 4.67. The molecule has 0 spiro atoms. The van der Waals surface area contributed by atoms with E-state index in [0.717, 1.165) is 0 Å². The van der Waals surface area contributed by atoms with Gasteiger partial charge < -0.3 is 25.5 Å². The summed E-state index contributed by atoms with van der Waals surface area (Å²) >= 11 is 0. The van der Waals surface area contributed by atoms with Gasteiger partial charge in [0.1, 0.15) is 0 Å². The van der Waals surface area contributed by atoms with Gasteiger partial charge in [-0.05, 0) is 0 Å². The number of amides is 2. The number of carbonyl (C=O) groups is 2. The molecule has 0 fully saturated rings. The second-order valence-corrected chi connectivity index (χ2v) is 2.98. The Morgan fingerprint density at radius 1 is 1.44 bits per heavy atom. The third-order valence-electron chi connectivity index (χ3n) is 1.78. The average Bonchev–Trinajstić information content (AvgIpc) is 2.24. The van der Waals surface area contributed by atoms with Gasteiger partial charge in [-0.1, -0.05) is 6.08 Å². The highest BCUT2D eigenvalue weighted by Crippen LogP contribution is 1.92. The quantitative estimate of drug-likeness (QED) is 0.404. The molecule has 4 N–H and O–H groups in total. The van der Waals surface area contributed by atoms with Crippen LogP contribution in [0.3, 0.4) is 0 Å². The lowest BCUT2D eigenvalue weighted by atomic mass is 10.3. The topological polar surface area (TPSA) is 110 Å². The highest BCUT2D eigenvalue weighted by molar-refractivity contribution is 5.82. The largest absolute Gasteiger partial charge is 0.480 e. The van der Waals surface area contributed by atoms with E-state index in [9.17, 15) is 9.59 Å². The van der Waals surface area contributed by atoms with Crippen molar-refractivity contribution in [3.05, 3.63) is 12.7 Å². The van der Waals surface area contributed by atoms with Crippen LogP contribution < -0.4 is 5.32 Å². The van der Waals surface area contributed by atoms with Crippen LogP contribution in [0, 0.1) is 0 Å². The van der Waals surface area contributed by atoms with Gasteiger partial charge in [0, 0.05) is 13.1 Å². The smallest absolute Gasteiger partial charge is 0.328 e. The number of urea groups is 1. The molecular formula is C9H16N2O5. The molecule has 0 saturated heterocycles. The molecule has 16 heavy (non-hydrogen) atoms. The number of hydrogen-bond acceptors (Lipinski definition) is 4. The standard InChI is InChI=1S/C9H16N2O5/c1-2-3-11(4-5-12)9(16)10-7(6-13)8(14)15/h2,7,12-13H,1,3-6H2,(H,10,16)(H,14,15). The Morgan fingerprint density at radius 3 is 2.44 bits per heavy atom. The molecule has 0 aliphatic rings. The second-order valence-electron chi connectivity index (χ2n) is 2.98. The van der Waals surface area contributed by atoms with E-state index in [-0.39, 0.29) is 19.7 Å². The summed E-state index contributed by atoms with van der Waals surface area (Å²) in [5.41, 5.74) is 0. The van der Waals surface area contributed by atoms with Crippen molar-refractivity contribution in [3.63, 3.8) is 0 Å². The van der Waals surface area contributed by atoms with Crippen molar-refractivity contribution in [3.8, 4) is 0 Å². The summed E-state index contributed by atoms with van der Waals surface area (Å²) in [6.07, 6.45) is 1.45. The van der Waals surface area contributed by atoms with Gasteiger partial charge in [0.15, 0.2) is 6.04 Å². The minimum atomic E-state index is -1.35. The summed E-state index contributed by atoms with van der Waals surface area (Å²) in [7, 11) is 0. The van der Waals surface area contributed by atoms with Crippen LogP contribution in [0.4, 0.5) is 4.79 Å². The number of aliphatic hydroxyl groups is 2. The molecule has 0 aliphatic heterocycles. The van der Waals surface area contributed by atoms with Crippen molar-refractivity contribution in [1.82, 2.24) is 10.2 Å². The van der Waals surface area contributed by atoms with Crippen LogP contribution in [-0.2, 0) is 4.79 Å². The van der Waals surface area contributed by atoms with Crippen molar-refractivity contribution in [2.45, 2.75) is 6.04 Å². The minimum absolute atomic E-state index is 0.0651.